The van der Waals surface area contributed by atoms with Crippen LogP contribution < -0.4 is 16.4 Å². The van der Waals surface area contributed by atoms with Crippen LogP contribution in [0.5, 0.6) is 0 Å². The standard InChI is InChI=1S/C9H17N5O/c1-6(10)4-12-5-8(15)7-3-9(11-2)14-13-7/h3,6,12H,4-5,10H2,1-2H3,(H2,11,13,14). The van der Waals surface area contributed by atoms with Gasteiger partial charge in [0.15, 0.2) is 5.78 Å². The van der Waals surface area contributed by atoms with Crippen molar-refractivity contribution in [1.82, 2.24) is 15.5 Å². The SMILES string of the molecule is CNc1cc(C(=O)CNCC(C)N)[nH]n1. The van der Waals surface area contributed by atoms with Gasteiger partial charge in [-0.2, -0.15) is 5.10 Å². The molecule has 1 heterocycles. The van der Waals surface area contributed by atoms with Crippen LogP contribution in [0.25, 0.3) is 0 Å². The summed E-state index contributed by atoms with van der Waals surface area (Å²) in [5.41, 5.74) is 6.04. The molecular formula is C9H17N5O. The van der Waals surface area contributed by atoms with Crippen molar-refractivity contribution in [3.63, 3.8) is 0 Å². The van der Waals surface area contributed by atoms with Gasteiger partial charge in [-0.25, -0.2) is 0 Å². The largest absolute Gasteiger partial charge is 0.372 e. The van der Waals surface area contributed by atoms with E-state index in [-0.39, 0.29) is 18.4 Å². The highest BCUT2D eigenvalue weighted by Crippen LogP contribution is 2.03. The Kier molecular flexibility index (Phi) is 4.26. The van der Waals surface area contributed by atoms with Gasteiger partial charge in [-0.05, 0) is 6.92 Å². The average Bonchev–Trinajstić information content (AvgIpc) is 2.65. The Hall–Kier alpha value is -1.40. The maximum atomic E-state index is 11.6. The summed E-state index contributed by atoms with van der Waals surface area (Å²) in [6.07, 6.45) is 0. The second kappa shape index (κ2) is 5.47. The molecule has 6 nitrogen and oxygen atoms in total. The summed E-state index contributed by atoms with van der Waals surface area (Å²) in [5.74, 6) is 0.634. The first kappa shape index (κ1) is 11.7. The quantitative estimate of drug-likeness (QED) is 0.479. The Morgan fingerprint density at radius 2 is 2.47 bits per heavy atom. The predicted molar refractivity (Wildman–Crippen MR) is 59.0 cm³/mol. The maximum Gasteiger partial charge on any atom is 0.194 e. The third-order valence-electron chi connectivity index (χ3n) is 1.89. The first-order chi connectivity index (χ1) is 7.13. The molecule has 0 aliphatic carbocycles. The fourth-order valence-corrected chi connectivity index (χ4v) is 1.10. The topological polar surface area (TPSA) is 95.8 Å². The van der Waals surface area contributed by atoms with Crippen LogP contribution in [-0.2, 0) is 0 Å². The molecule has 0 saturated carbocycles. The van der Waals surface area contributed by atoms with Gasteiger partial charge in [-0.1, -0.05) is 0 Å². The van der Waals surface area contributed by atoms with Crippen molar-refractivity contribution < 1.29 is 4.79 Å². The minimum atomic E-state index is -0.0235. The van der Waals surface area contributed by atoms with Crippen molar-refractivity contribution in [3.8, 4) is 0 Å². The molecule has 0 radical (unpaired) electrons. The van der Waals surface area contributed by atoms with E-state index in [0.29, 0.717) is 18.1 Å². The van der Waals surface area contributed by atoms with E-state index < -0.39 is 0 Å². The van der Waals surface area contributed by atoms with E-state index in [2.05, 4.69) is 20.8 Å². The van der Waals surface area contributed by atoms with Crippen LogP contribution in [0.1, 0.15) is 17.4 Å². The number of nitrogens with two attached hydrogens (primary N) is 1. The zero-order valence-corrected chi connectivity index (χ0v) is 9.00. The number of H-pyrrole nitrogens is 1. The van der Waals surface area contributed by atoms with Crippen LogP contribution in [0.4, 0.5) is 5.82 Å². The van der Waals surface area contributed by atoms with Crippen LogP contribution in [0, 0.1) is 0 Å². The molecular weight excluding hydrogens is 194 g/mol. The monoisotopic (exact) mass is 211 g/mol. The van der Waals surface area contributed by atoms with Crippen molar-refractivity contribution in [2.75, 3.05) is 25.5 Å². The van der Waals surface area contributed by atoms with Crippen LogP contribution in [0.2, 0.25) is 0 Å². The van der Waals surface area contributed by atoms with Crippen LogP contribution >= 0.6 is 0 Å². The fourth-order valence-electron chi connectivity index (χ4n) is 1.10. The van der Waals surface area contributed by atoms with E-state index in [1.165, 1.54) is 0 Å². The Morgan fingerprint density at radius 3 is 3.00 bits per heavy atom. The molecule has 0 saturated heterocycles. The number of hydrogen-bond acceptors (Lipinski definition) is 5. The molecule has 84 valence electrons. The number of aromatic amines is 1. The number of Topliss-reactive ketones (excluding diaryl/α,β-unsaturated/α-hetero) is 1. The summed E-state index contributed by atoms with van der Waals surface area (Å²) >= 11 is 0. The Balaban J connectivity index is 2.40. The van der Waals surface area contributed by atoms with Crippen molar-refractivity contribution in [1.29, 1.82) is 0 Å². The summed E-state index contributed by atoms with van der Waals surface area (Å²) in [6, 6.07) is 1.73. The highest BCUT2D eigenvalue weighted by atomic mass is 16.1. The Labute approximate surface area is 88.6 Å². The summed E-state index contributed by atoms with van der Waals surface area (Å²) in [4.78, 5) is 11.6. The molecule has 1 unspecified atom stereocenters. The van der Waals surface area contributed by atoms with Crippen LogP contribution in [0.15, 0.2) is 6.07 Å². The second-order valence-corrected chi connectivity index (χ2v) is 3.45. The number of nitrogens with zero attached hydrogens (tertiary/aromatic N) is 1. The number of aromatic nitrogens is 2. The number of hydrogen-bond donors (Lipinski definition) is 4. The molecule has 0 amide bonds. The lowest BCUT2D eigenvalue weighted by molar-refractivity contribution is 0.0986. The van der Waals surface area contributed by atoms with Gasteiger partial charge in [0.25, 0.3) is 0 Å². The molecule has 0 fully saturated rings. The fraction of sp³-hybridized carbons (Fsp3) is 0.556. The second-order valence-electron chi connectivity index (χ2n) is 3.45. The van der Waals surface area contributed by atoms with Crippen molar-refractivity contribution in [2.45, 2.75) is 13.0 Å². The summed E-state index contributed by atoms with van der Waals surface area (Å²) in [6.45, 7) is 2.78. The van der Waals surface area contributed by atoms with Gasteiger partial charge < -0.3 is 16.4 Å². The Morgan fingerprint density at radius 1 is 1.73 bits per heavy atom. The molecule has 6 heteroatoms. The van der Waals surface area contributed by atoms with Crippen LogP contribution in [-0.4, -0.2) is 42.2 Å². The van der Waals surface area contributed by atoms with E-state index >= 15 is 0 Å². The molecule has 0 aliphatic rings. The molecule has 5 N–H and O–H groups in total. The number of ketones is 1. The van der Waals surface area contributed by atoms with Crippen molar-refractivity contribution >= 4 is 11.6 Å². The van der Waals surface area contributed by atoms with Gasteiger partial charge in [0.2, 0.25) is 0 Å². The maximum absolute atomic E-state index is 11.6. The van der Waals surface area contributed by atoms with Crippen molar-refractivity contribution in [2.24, 2.45) is 5.73 Å². The molecule has 0 aliphatic heterocycles. The highest BCUT2D eigenvalue weighted by molar-refractivity contribution is 5.96. The third-order valence-corrected chi connectivity index (χ3v) is 1.89. The zero-order valence-electron chi connectivity index (χ0n) is 9.00. The predicted octanol–water partition coefficient (Wildman–Crippen LogP) is -0.429. The van der Waals surface area contributed by atoms with E-state index in [9.17, 15) is 4.79 Å². The van der Waals surface area contributed by atoms with E-state index in [4.69, 9.17) is 5.73 Å². The number of carbonyl (C=O) groups excluding carboxylic acids is 1. The van der Waals surface area contributed by atoms with Gasteiger partial charge >= 0.3 is 0 Å². The highest BCUT2D eigenvalue weighted by Gasteiger charge is 2.08. The van der Waals surface area contributed by atoms with Gasteiger partial charge in [-0.3, -0.25) is 9.89 Å². The van der Waals surface area contributed by atoms with E-state index in [1.807, 2.05) is 6.92 Å². The minimum absolute atomic E-state index is 0.0235. The van der Waals surface area contributed by atoms with Gasteiger partial charge in [0.1, 0.15) is 11.5 Å². The van der Waals surface area contributed by atoms with E-state index in [0.717, 1.165) is 0 Å². The van der Waals surface area contributed by atoms with Crippen LogP contribution in [0.3, 0.4) is 0 Å². The van der Waals surface area contributed by atoms with Gasteiger partial charge in [0, 0.05) is 25.7 Å². The molecule has 1 aromatic heterocycles. The van der Waals surface area contributed by atoms with Gasteiger partial charge in [-0.15, -0.1) is 0 Å². The summed E-state index contributed by atoms with van der Waals surface area (Å²) < 4.78 is 0. The molecule has 1 atom stereocenters. The average molecular weight is 211 g/mol. The number of rotatable bonds is 6. The molecule has 15 heavy (non-hydrogen) atoms. The minimum Gasteiger partial charge on any atom is -0.372 e. The molecule has 0 spiro atoms. The molecule has 1 rings (SSSR count). The number of anilines is 1. The zero-order chi connectivity index (χ0) is 11.3. The smallest absolute Gasteiger partial charge is 0.194 e. The lowest BCUT2D eigenvalue weighted by atomic mass is 10.2. The number of nitrogens with one attached hydrogen (secondary N) is 3. The molecule has 0 bridgehead atoms. The first-order valence-electron chi connectivity index (χ1n) is 4.86. The molecule has 1 aromatic rings. The number of carbonyl (C=O) groups is 1. The molecule has 0 aromatic carbocycles. The lowest BCUT2D eigenvalue weighted by Gasteiger charge is -2.05. The van der Waals surface area contributed by atoms with E-state index in [1.54, 1.807) is 13.1 Å². The summed E-state index contributed by atoms with van der Waals surface area (Å²) in [7, 11) is 1.75. The Bertz CT molecular complexity index is 320. The van der Waals surface area contributed by atoms with Crippen molar-refractivity contribution in [3.05, 3.63) is 11.8 Å². The lowest BCUT2D eigenvalue weighted by Crippen LogP contribution is -2.34. The third kappa shape index (κ3) is 3.69. The van der Waals surface area contributed by atoms with Gasteiger partial charge in [0.05, 0.1) is 6.54 Å². The first-order valence-corrected chi connectivity index (χ1v) is 4.86. The normalized spacial score (nSPS) is 12.5. The summed E-state index contributed by atoms with van der Waals surface area (Å²) in [5, 5.41) is 12.4.